The Bertz CT molecular complexity index is 1380. The van der Waals surface area contributed by atoms with E-state index in [1.54, 1.807) is 28.8 Å². The summed E-state index contributed by atoms with van der Waals surface area (Å²) < 4.78 is 12.3. The molecule has 2 heterocycles. The van der Waals surface area contributed by atoms with Gasteiger partial charge in [-0.15, -0.1) is 0 Å². The zero-order valence-corrected chi connectivity index (χ0v) is 18.2. The number of carbonyl (C=O) groups excluding carboxylic acids is 1. The zero-order valence-electron chi connectivity index (χ0n) is 17.4. The van der Waals surface area contributed by atoms with Crippen LogP contribution in [0.3, 0.4) is 0 Å². The highest BCUT2D eigenvalue weighted by molar-refractivity contribution is 7.99. The van der Waals surface area contributed by atoms with E-state index >= 15 is 0 Å². The van der Waals surface area contributed by atoms with Gasteiger partial charge in [-0.25, -0.2) is 4.98 Å². The number of rotatable bonds is 6. The van der Waals surface area contributed by atoms with Crippen molar-refractivity contribution >= 4 is 28.4 Å². The number of para-hydroxylation sites is 1. The Morgan fingerprint density at radius 2 is 1.81 bits per heavy atom. The highest BCUT2D eigenvalue weighted by Gasteiger charge is 2.18. The molecular formula is C25H20N2O4S. The Hall–Kier alpha value is -3.58. The minimum Gasteiger partial charge on any atom is -0.454 e. The van der Waals surface area contributed by atoms with E-state index in [1.165, 1.54) is 11.8 Å². The lowest BCUT2D eigenvalue weighted by Gasteiger charge is -2.13. The molecule has 5 rings (SSSR count). The summed E-state index contributed by atoms with van der Waals surface area (Å²) in [6, 6.07) is 20.5. The van der Waals surface area contributed by atoms with Gasteiger partial charge < -0.3 is 9.47 Å². The van der Waals surface area contributed by atoms with E-state index in [2.05, 4.69) is 0 Å². The van der Waals surface area contributed by atoms with Gasteiger partial charge in [0, 0.05) is 5.56 Å². The number of nitrogens with zero attached hydrogens (tertiary/aromatic N) is 2. The Kier molecular flexibility index (Phi) is 5.41. The SMILES string of the molecule is Cc1ccc(Cn2c(SCC(=O)c3ccc4c(c3)OCO4)nc3ccccc3c2=O)cc1. The van der Waals surface area contributed by atoms with E-state index in [1.807, 2.05) is 49.4 Å². The molecule has 0 N–H and O–H groups in total. The Balaban J connectivity index is 1.46. The van der Waals surface area contributed by atoms with Crippen LogP contribution >= 0.6 is 11.8 Å². The highest BCUT2D eigenvalue weighted by atomic mass is 32.2. The van der Waals surface area contributed by atoms with Gasteiger partial charge in [0.05, 0.1) is 23.2 Å². The number of Topliss-reactive ketones (excluding diaryl/α,β-unsaturated/α-hetero) is 1. The predicted molar refractivity (Wildman–Crippen MR) is 124 cm³/mol. The molecule has 32 heavy (non-hydrogen) atoms. The van der Waals surface area contributed by atoms with Crippen molar-refractivity contribution in [1.29, 1.82) is 0 Å². The smallest absolute Gasteiger partial charge is 0.262 e. The first kappa shape index (κ1) is 20.3. The van der Waals surface area contributed by atoms with Gasteiger partial charge in [0.15, 0.2) is 22.4 Å². The van der Waals surface area contributed by atoms with Crippen molar-refractivity contribution in [3.8, 4) is 11.5 Å². The first-order valence-electron chi connectivity index (χ1n) is 10.2. The monoisotopic (exact) mass is 444 g/mol. The molecule has 0 fully saturated rings. The second kappa shape index (κ2) is 8.51. The first-order chi connectivity index (χ1) is 15.6. The van der Waals surface area contributed by atoms with Gasteiger partial charge in [-0.2, -0.15) is 0 Å². The lowest BCUT2D eigenvalue weighted by molar-refractivity contribution is 0.102. The summed E-state index contributed by atoms with van der Waals surface area (Å²) in [5, 5.41) is 1.08. The van der Waals surface area contributed by atoms with Gasteiger partial charge in [0.25, 0.3) is 5.56 Å². The van der Waals surface area contributed by atoms with Crippen LogP contribution in [0.25, 0.3) is 10.9 Å². The largest absolute Gasteiger partial charge is 0.454 e. The molecule has 0 saturated carbocycles. The predicted octanol–water partition coefficient (Wildman–Crippen LogP) is 4.46. The van der Waals surface area contributed by atoms with Gasteiger partial charge in [0.2, 0.25) is 6.79 Å². The average molecular weight is 445 g/mol. The molecule has 7 heteroatoms. The molecule has 1 aliphatic rings. The maximum Gasteiger partial charge on any atom is 0.262 e. The van der Waals surface area contributed by atoms with Crippen LogP contribution in [0.2, 0.25) is 0 Å². The second-order valence-corrected chi connectivity index (χ2v) is 8.51. The quantitative estimate of drug-likeness (QED) is 0.249. The summed E-state index contributed by atoms with van der Waals surface area (Å²) in [4.78, 5) is 30.8. The molecule has 6 nitrogen and oxygen atoms in total. The number of aryl methyl sites for hydroxylation is 1. The zero-order chi connectivity index (χ0) is 22.1. The molecular weight excluding hydrogens is 424 g/mol. The summed E-state index contributed by atoms with van der Waals surface area (Å²) in [5.41, 5.74) is 3.19. The molecule has 160 valence electrons. The normalized spacial score (nSPS) is 12.3. The standard InChI is InChI=1S/C25H20N2O4S/c1-16-6-8-17(9-7-16)13-27-24(29)19-4-2-3-5-20(19)26-25(27)32-14-21(28)18-10-11-22-23(12-18)31-15-30-22/h2-12H,13-15H2,1H3. The Labute approximate surface area is 188 Å². The third-order valence-electron chi connectivity index (χ3n) is 5.31. The lowest BCUT2D eigenvalue weighted by Crippen LogP contribution is -2.24. The van der Waals surface area contributed by atoms with Crippen LogP contribution in [0.15, 0.2) is 76.7 Å². The third-order valence-corrected chi connectivity index (χ3v) is 6.29. The van der Waals surface area contributed by atoms with E-state index in [-0.39, 0.29) is 23.9 Å². The van der Waals surface area contributed by atoms with Crippen LogP contribution in [0.1, 0.15) is 21.5 Å². The number of fused-ring (bicyclic) bond motifs is 2. The van der Waals surface area contributed by atoms with Crippen molar-refractivity contribution in [2.45, 2.75) is 18.6 Å². The average Bonchev–Trinajstić information content (AvgIpc) is 3.29. The number of hydrogen-bond donors (Lipinski definition) is 0. The van der Waals surface area contributed by atoms with Gasteiger partial charge in [-0.05, 0) is 42.8 Å². The minimum atomic E-state index is -0.116. The molecule has 0 bridgehead atoms. The van der Waals surface area contributed by atoms with Crippen molar-refractivity contribution in [2.75, 3.05) is 12.5 Å². The topological polar surface area (TPSA) is 70.4 Å². The van der Waals surface area contributed by atoms with Crippen LogP contribution in [0.4, 0.5) is 0 Å². The summed E-state index contributed by atoms with van der Waals surface area (Å²) >= 11 is 1.26. The molecule has 4 aromatic rings. The van der Waals surface area contributed by atoms with Gasteiger partial charge >= 0.3 is 0 Å². The van der Waals surface area contributed by atoms with Crippen LogP contribution in [-0.4, -0.2) is 27.9 Å². The number of ketones is 1. The lowest BCUT2D eigenvalue weighted by atomic mass is 10.1. The van der Waals surface area contributed by atoms with Crippen LogP contribution in [-0.2, 0) is 6.54 Å². The maximum atomic E-state index is 13.3. The third kappa shape index (κ3) is 3.99. The van der Waals surface area contributed by atoms with Crippen molar-refractivity contribution in [2.24, 2.45) is 0 Å². The summed E-state index contributed by atoms with van der Waals surface area (Å²) in [6.45, 7) is 2.57. The molecule has 0 saturated heterocycles. The fourth-order valence-electron chi connectivity index (χ4n) is 3.56. The fraction of sp³-hybridized carbons (Fsp3) is 0.160. The van der Waals surface area contributed by atoms with Crippen LogP contribution in [0, 0.1) is 6.92 Å². The van der Waals surface area contributed by atoms with Crippen LogP contribution < -0.4 is 15.0 Å². The number of ether oxygens (including phenoxy) is 2. The molecule has 0 atom stereocenters. The molecule has 0 radical (unpaired) electrons. The van der Waals surface area contributed by atoms with E-state index in [0.717, 1.165) is 11.1 Å². The van der Waals surface area contributed by atoms with E-state index in [0.29, 0.717) is 39.7 Å². The molecule has 0 unspecified atom stereocenters. The van der Waals surface area contributed by atoms with Crippen molar-refractivity contribution < 1.29 is 14.3 Å². The molecule has 0 aliphatic carbocycles. The molecule has 0 amide bonds. The van der Waals surface area contributed by atoms with Crippen molar-refractivity contribution in [1.82, 2.24) is 9.55 Å². The Morgan fingerprint density at radius 3 is 2.66 bits per heavy atom. The first-order valence-corrected chi connectivity index (χ1v) is 11.2. The number of benzene rings is 3. The van der Waals surface area contributed by atoms with Crippen LogP contribution in [0.5, 0.6) is 11.5 Å². The molecule has 1 aliphatic heterocycles. The summed E-state index contributed by atoms with van der Waals surface area (Å²) in [7, 11) is 0. The van der Waals surface area contributed by atoms with E-state index in [4.69, 9.17) is 14.5 Å². The van der Waals surface area contributed by atoms with Gasteiger partial charge in [-0.1, -0.05) is 53.7 Å². The summed E-state index contributed by atoms with van der Waals surface area (Å²) in [6.07, 6.45) is 0. The maximum absolute atomic E-state index is 13.3. The van der Waals surface area contributed by atoms with E-state index in [9.17, 15) is 9.59 Å². The van der Waals surface area contributed by atoms with E-state index < -0.39 is 0 Å². The molecule has 1 aromatic heterocycles. The molecule has 3 aromatic carbocycles. The van der Waals surface area contributed by atoms with Crippen molar-refractivity contribution in [3.63, 3.8) is 0 Å². The number of carbonyl (C=O) groups is 1. The summed E-state index contributed by atoms with van der Waals surface area (Å²) in [5.74, 6) is 1.29. The van der Waals surface area contributed by atoms with Gasteiger partial charge in [-0.3, -0.25) is 14.2 Å². The number of aromatic nitrogens is 2. The molecule has 0 spiro atoms. The fourth-order valence-corrected chi connectivity index (χ4v) is 4.45. The van der Waals surface area contributed by atoms with Crippen molar-refractivity contribution in [3.05, 3.63) is 93.8 Å². The number of hydrogen-bond acceptors (Lipinski definition) is 6. The van der Waals surface area contributed by atoms with Gasteiger partial charge in [0.1, 0.15) is 0 Å². The number of thioether (sulfide) groups is 1. The minimum absolute atomic E-state index is 0.0717. The second-order valence-electron chi connectivity index (χ2n) is 7.57. The highest BCUT2D eigenvalue weighted by Crippen LogP contribution is 2.33. The Morgan fingerprint density at radius 1 is 1.03 bits per heavy atom.